The average molecular weight is 472 g/mol. The van der Waals surface area contributed by atoms with E-state index in [0.29, 0.717) is 25.3 Å². The summed E-state index contributed by atoms with van der Waals surface area (Å²) in [7, 11) is 0.919. The molecular formula is C22H12F4N4O2S. The Hall–Kier alpha value is -4.04. The van der Waals surface area contributed by atoms with Crippen molar-refractivity contribution in [1.29, 1.82) is 5.26 Å². The van der Waals surface area contributed by atoms with Crippen LogP contribution in [0.3, 0.4) is 0 Å². The van der Waals surface area contributed by atoms with Crippen LogP contribution in [0.25, 0.3) is 27.4 Å². The monoisotopic (exact) mass is 472 g/mol. The number of nitrogens with zero attached hydrogens (tertiary/aromatic N) is 4. The van der Waals surface area contributed by atoms with Gasteiger partial charge in [-0.25, -0.2) is 13.8 Å². The van der Waals surface area contributed by atoms with Gasteiger partial charge in [-0.05, 0) is 41.9 Å². The number of aromatic nitrogens is 3. The molecule has 0 saturated carbocycles. The number of fused-ring (bicyclic) bond motifs is 1. The van der Waals surface area contributed by atoms with Gasteiger partial charge in [-0.3, -0.25) is 9.36 Å². The summed E-state index contributed by atoms with van der Waals surface area (Å²) in [6.07, 6.45) is -3.56. The van der Waals surface area contributed by atoms with Crippen molar-refractivity contribution in [3.8, 4) is 11.8 Å². The van der Waals surface area contributed by atoms with Crippen molar-refractivity contribution in [3.63, 3.8) is 0 Å². The summed E-state index contributed by atoms with van der Waals surface area (Å²) in [6, 6.07) is 12.5. The van der Waals surface area contributed by atoms with Gasteiger partial charge in [-0.15, -0.1) is 0 Å². The first-order chi connectivity index (χ1) is 15.6. The van der Waals surface area contributed by atoms with E-state index in [9.17, 15) is 32.4 Å². The number of nitriles is 1. The van der Waals surface area contributed by atoms with E-state index in [0.717, 1.165) is 18.6 Å². The number of benzene rings is 2. The molecule has 0 aliphatic carbocycles. The average Bonchev–Trinajstić information content (AvgIpc) is 3.18. The van der Waals surface area contributed by atoms with Crippen LogP contribution in [0.5, 0.6) is 0 Å². The SMILES string of the molecule is Cn1c(C(F)(F)F)cc(=O)n(-c2ccc3snc(C(C#N)=Cc4ccccc4F)c3c2)c1=O. The van der Waals surface area contributed by atoms with Gasteiger partial charge < -0.3 is 0 Å². The first-order valence-corrected chi connectivity index (χ1v) is 10.1. The number of alkyl halides is 3. The second-order valence-corrected chi connectivity index (χ2v) is 7.75. The molecule has 166 valence electrons. The van der Waals surface area contributed by atoms with E-state index in [2.05, 4.69) is 4.37 Å². The lowest BCUT2D eigenvalue weighted by Gasteiger charge is -2.14. The first kappa shape index (κ1) is 22.2. The van der Waals surface area contributed by atoms with Gasteiger partial charge in [0, 0.05) is 24.1 Å². The van der Waals surface area contributed by atoms with Crippen LogP contribution in [-0.4, -0.2) is 13.5 Å². The molecule has 0 aliphatic heterocycles. The van der Waals surface area contributed by atoms with E-state index in [1.54, 1.807) is 6.07 Å². The van der Waals surface area contributed by atoms with Gasteiger partial charge in [-0.1, -0.05) is 18.2 Å². The third-order valence-corrected chi connectivity index (χ3v) is 5.73. The Bertz CT molecular complexity index is 1590. The summed E-state index contributed by atoms with van der Waals surface area (Å²) >= 11 is 1.04. The van der Waals surface area contributed by atoms with Gasteiger partial charge in [0.1, 0.15) is 23.3 Å². The summed E-state index contributed by atoms with van der Waals surface area (Å²) in [5.74, 6) is -0.537. The quantitative estimate of drug-likeness (QED) is 0.328. The minimum atomic E-state index is -4.88. The number of halogens is 4. The third-order valence-electron chi connectivity index (χ3n) is 4.90. The normalized spacial score (nSPS) is 12.2. The van der Waals surface area contributed by atoms with E-state index < -0.39 is 28.9 Å². The highest BCUT2D eigenvalue weighted by Gasteiger charge is 2.35. The molecule has 0 N–H and O–H groups in total. The molecule has 4 rings (SSSR count). The maximum absolute atomic E-state index is 14.0. The summed E-state index contributed by atoms with van der Waals surface area (Å²) < 4.78 is 59.2. The Morgan fingerprint density at radius 1 is 1.15 bits per heavy atom. The molecule has 0 spiro atoms. The zero-order chi connectivity index (χ0) is 23.9. The van der Waals surface area contributed by atoms with Crippen molar-refractivity contribution in [2.24, 2.45) is 7.05 Å². The van der Waals surface area contributed by atoms with E-state index in [4.69, 9.17) is 0 Å². The fraction of sp³-hybridized carbons (Fsp3) is 0.0909. The van der Waals surface area contributed by atoms with Gasteiger partial charge >= 0.3 is 11.9 Å². The van der Waals surface area contributed by atoms with Crippen molar-refractivity contribution in [2.45, 2.75) is 6.18 Å². The molecule has 6 nitrogen and oxygen atoms in total. The topological polar surface area (TPSA) is 80.7 Å². The second kappa shape index (κ2) is 8.14. The van der Waals surface area contributed by atoms with E-state index in [1.165, 1.54) is 42.5 Å². The predicted octanol–water partition coefficient (Wildman–Crippen LogP) is 4.37. The molecule has 0 unspecified atom stereocenters. The fourth-order valence-corrected chi connectivity index (χ4v) is 4.07. The number of rotatable bonds is 3. The zero-order valence-corrected chi connectivity index (χ0v) is 17.5. The number of hydrogen-bond acceptors (Lipinski definition) is 5. The molecule has 4 aromatic rings. The lowest BCUT2D eigenvalue weighted by atomic mass is 10.1. The molecule has 2 aromatic carbocycles. The highest BCUT2D eigenvalue weighted by molar-refractivity contribution is 7.13. The summed E-state index contributed by atoms with van der Waals surface area (Å²) in [5, 5.41) is 10.0. The van der Waals surface area contributed by atoms with Crippen LogP contribution < -0.4 is 11.2 Å². The van der Waals surface area contributed by atoms with Gasteiger partial charge in [0.15, 0.2) is 0 Å². The van der Waals surface area contributed by atoms with Crippen LogP contribution in [0.2, 0.25) is 0 Å². The Labute approximate surface area is 187 Å². The minimum absolute atomic E-state index is 0.00598. The van der Waals surface area contributed by atoms with Crippen molar-refractivity contribution < 1.29 is 17.6 Å². The lowest BCUT2D eigenvalue weighted by Crippen LogP contribution is -2.40. The van der Waals surface area contributed by atoms with Gasteiger partial charge in [-0.2, -0.15) is 22.8 Å². The molecule has 2 aromatic heterocycles. The van der Waals surface area contributed by atoms with E-state index in [-0.39, 0.29) is 22.5 Å². The second-order valence-electron chi connectivity index (χ2n) is 6.95. The van der Waals surface area contributed by atoms with Gasteiger partial charge in [0.05, 0.1) is 16.0 Å². The molecule has 0 bridgehead atoms. The van der Waals surface area contributed by atoms with E-state index in [1.807, 2.05) is 6.07 Å². The fourth-order valence-electron chi connectivity index (χ4n) is 3.30. The molecule has 0 fully saturated rings. The Kier molecular flexibility index (Phi) is 5.47. The Morgan fingerprint density at radius 2 is 1.88 bits per heavy atom. The molecule has 33 heavy (non-hydrogen) atoms. The maximum Gasteiger partial charge on any atom is 0.431 e. The smallest absolute Gasteiger partial charge is 0.292 e. The zero-order valence-electron chi connectivity index (χ0n) is 16.7. The predicted molar refractivity (Wildman–Crippen MR) is 115 cm³/mol. The van der Waals surface area contributed by atoms with Crippen LogP contribution in [0, 0.1) is 17.1 Å². The van der Waals surface area contributed by atoms with Crippen molar-refractivity contribution >= 4 is 33.3 Å². The highest BCUT2D eigenvalue weighted by atomic mass is 32.1. The van der Waals surface area contributed by atoms with E-state index >= 15 is 0 Å². The molecule has 0 aliphatic rings. The third kappa shape index (κ3) is 3.96. The van der Waals surface area contributed by atoms with Gasteiger partial charge in [0.25, 0.3) is 5.56 Å². The molecule has 11 heteroatoms. The molecule has 0 radical (unpaired) electrons. The maximum atomic E-state index is 14.0. The van der Waals surface area contributed by atoms with Crippen LogP contribution in [0.4, 0.5) is 17.6 Å². The largest absolute Gasteiger partial charge is 0.431 e. The van der Waals surface area contributed by atoms with Crippen LogP contribution in [0.1, 0.15) is 17.0 Å². The lowest BCUT2D eigenvalue weighted by molar-refractivity contribution is -0.144. The molecule has 0 amide bonds. The molecular weight excluding hydrogens is 460 g/mol. The van der Waals surface area contributed by atoms with Crippen LogP contribution in [-0.2, 0) is 13.2 Å². The number of hydrogen-bond donors (Lipinski definition) is 0. The Morgan fingerprint density at radius 3 is 2.55 bits per heavy atom. The van der Waals surface area contributed by atoms with Crippen molar-refractivity contribution in [1.82, 2.24) is 13.5 Å². The van der Waals surface area contributed by atoms with Crippen LogP contribution in [0.15, 0.2) is 58.1 Å². The highest BCUT2D eigenvalue weighted by Crippen LogP contribution is 2.31. The van der Waals surface area contributed by atoms with Crippen molar-refractivity contribution in [2.75, 3.05) is 0 Å². The number of allylic oxidation sites excluding steroid dienone is 1. The summed E-state index contributed by atoms with van der Waals surface area (Å²) in [4.78, 5) is 25.0. The standard InChI is InChI=1S/C22H12F4N4O2S/c1-29-18(22(24,25)26)10-19(31)30(21(29)32)14-6-7-17-15(9-14)20(28-33-17)13(11-27)8-12-4-2-3-5-16(12)23/h2-10H,1H3. The van der Waals surface area contributed by atoms with Crippen LogP contribution >= 0.6 is 11.5 Å². The summed E-state index contributed by atoms with van der Waals surface area (Å²) in [5.41, 5.74) is -3.30. The molecule has 0 saturated heterocycles. The Balaban J connectivity index is 1.91. The van der Waals surface area contributed by atoms with Crippen molar-refractivity contribution in [3.05, 3.63) is 92.1 Å². The molecule has 0 atom stereocenters. The first-order valence-electron chi connectivity index (χ1n) is 9.28. The summed E-state index contributed by atoms with van der Waals surface area (Å²) in [6.45, 7) is 0. The van der Waals surface area contributed by atoms with Gasteiger partial charge in [0.2, 0.25) is 0 Å². The molecule has 2 heterocycles. The minimum Gasteiger partial charge on any atom is -0.292 e.